The number of hydrogen-bond donors (Lipinski definition) is 1. The maximum atomic E-state index is 11.8. The van der Waals surface area contributed by atoms with Gasteiger partial charge in [-0.2, -0.15) is 0 Å². The molecule has 3 nitrogen and oxygen atoms in total. The molecule has 0 radical (unpaired) electrons. The van der Waals surface area contributed by atoms with Gasteiger partial charge in [-0.15, -0.1) is 0 Å². The van der Waals surface area contributed by atoms with Gasteiger partial charge >= 0.3 is 0 Å². The fraction of sp³-hybridized carbons (Fsp3) is 0.417. The molecule has 0 saturated carbocycles. The van der Waals surface area contributed by atoms with Crippen LogP contribution in [0, 0.1) is 0 Å². The van der Waals surface area contributed by atoms with E-state index >= 15 is 0 Å². The summed E-state index contributed by atoms with van der Waals surface area (Å²) in [7, 11) is 1.78. The van der Waals surface area contributed by atoms with Crippen LogP contribution in [-0.2, 0) is 11.3 Å². The van der Waals surface area contributed by atoms with Gasteiger partial charge in [0, 0.05) is 18.1 Å². The third-order valence-corrected chi connectivity index (χ3v) is 3.27. The molecule has 1 aromatic rings. The van der Waals surface area contributed by atoms with E-state index < -0.39 is 6.04 Å². The number of benzene rings is 1. The van der Waals surface area contributed by atoms with Gasteiger partial charge < -0.3 is 10.6 Å². The first-order valence-corrected chi connectivity index (χ1v) is 6.09. The summed E-state index contributed by atoms with van der Waals surface area (Å²) in [5, 5.41) is 0. The molecule has 4 heteroatoms. The lowest BCUT2D eigenvalue weighted by Gasteiger charge is -2.21. The summed E-state index contributed by atoms with van der Waals surface area (Å²) < 4.78 is 1.01. The second-order valence-electron chi connectivity index (χ2n) is 3.80. The van der Waals surface area contributed by atoms with Crippen LogP contribution in [0.3, 0.4) is 0 Å². The van der Waals surface area contributed by atoms with E-state index in [0.29, 0.717) is 13.0 Å². The number of amides is 1. The SMILES string of the molecule is CC[C@@H](N)C(=O)N(C)Cc1ccccc1Br. The molecule has 88 valence electrons. The zero-order valence-electron chi connectivity index (χ0n) is 9.61. The summed E-state index contributed by atoms with van der Waals surface area (Å²) in [5.74, 6) is -0.0155. The number of rotatable bonds is 4. The topological polar surface area (TPSA) is 46.3 Å². The maximum absolute atomic E-state index is 11.8. The largest absolute Gasteiger partial charge is 0.340 e. The van der Waals surface area contributed by atoms with Gasteiger partial charge in [0.15, 0.2) is 0 Å². The predicted molar refractivity (Wildman–Crippen MR) is 68.9 cm³/mol. The Hall–Kier alpha value is -0.870. The van der Waals surface area contributed by atoms with E-state index in [0.717, 1.165) is 10.0 Å². The average Bonchev–Trinajstić information content (AvgIpc) is 2.30. The minimum absolute atomic E-state index is 0.0155. The number of carbonyl (C=O) groups is 1. The summed E-state index contributed by atoms with van der Waals surface area (Å²) in [6.07, 6.45) is 0.666. The highest BCUT2D eigenvalue weighted by atomic mass is 79.9. The summed E-state index contributed by atoms with van der Waals surface area (Å²) >= 11 is 3.46. The van der Waals surface area contributed by atoms with Crippen LogP contribution < -0.4 is 5.73 Å². The summed E-state index contributed by atoms with van der Waals surface area (Å²) in [6, 6.07) is 7.47. The number of carbonyl (C=O) groups excluding carboxylic acids is 1. The first kappa shape index (κ1) is 13.2. The van der Waals surface area contributed by atoms with Gasteiger partial charge in [0.05, 0.1) is 6.04 Å². The third kappa shape index (κ3) is 3.32. The average molecular weight is 285 g/mol. The maximum Gasteiger partial charge on any atom is 0.239 e. The molecule has 0 aromatic heterocycles. The van der Waals surface area contributed by atoms with Crippen molar-refractivity contribution >= 4 is 21.8 Å². The smallest absolute Gasteiger partial charge is 0.239 e. The molecule has 0 fully saturated rings. The van der Waals surface area contributed by atoms with Crippen molar-refractivity contribution < 1.29 is 4.79 Å². The fourth-order valence-electron chi connectivity index (χ4n) is 1.42. The van der Waals surface area contributed by atoms with E-state index in [1.54, 1.807) is 11.9 Å². The number of halogens is 1. The molecule has 0 aliphatic heterocycles. The van der Waals surface area contributed by atoms with Crippen molar-refractivity contribution in [2.45, 2.75) is 25.9 Å². The van der Waals surface area contributed by atoms with Gasteiger partial charge in [-0.25, -0.2) is 0 Å². The van der Waals surface area contributed by atoms with Crippen LogP contribution in [0.25, 0.3) is 0 Å². The standard InChI is InChI=1S/C12H17BrN2O/c1-3-11(14)12(16)15(2)8-9-6-4-5-7-10(9)13/h4-7,11H,3,8,14H2,1-2H3/t11-/m1/s1. The quantitative estimate of drug-likeness (QED) is 0.921. The third-order valence-electron chi connectivity index (χ3n) is 2.50. The van der Waals surface area contributed by atoms with Crippen LogP contribution in [-0.4, -0.2) is 23.9 Å². The van der Waals surface area contributed by atoms with Crippen LogP contribution in [0.15, 0.2) is 28.7 Å². The lowest BCUT2D eigenvalue weighted by molar-refractivity contribution is -0.131. The van der Waals surface area contributed by atoms with Crippen molar-refractivity contribution in [3.05, 3.63) is 34.3 Å². The van der Waals surface area contributed by atoms with Crippen LogP contribution >= 0.6 is 15.9 Å². The molecule has 16 heavy (non-hydrogen) atoms. The highest BCUT2D eigenvalue weighted by Gasteiger charge is 2.16. The molecule has 2 N–H and O–H groups in total. The van der Waals surface area contributed by atoms with Crippen LogP contribution in [0.2, 0.25) is 0 Å². The fourth-order valence-corrected chi connectivity index (χ4v) is 1.83. The molecule has 0 bridgehead atoms. The van der Waals surface area contributed by atoms with Gasteiger partial charge in [-0.3, -0.25) is 4.79 Å². The Bertz CT molecular complexity index is 368. The van der Waals surface area contributed by atoms with Gasteiger partial charge in [0.1, 0.15) is 0 Å². The second kappa shape index (κ2) is 6.01. The number of hydrogen-bond acceptors (Lipinski definition) is 2. The van der Waals surface area contributed by atoms with Gasteiger partial charge in [-0.05, 0) is 18.1 Å². The Labute approximate surface area is 105 Å². The van der Waals surface area contributed by atoms with Crippen molar-refractivity contribution in [3.8, 4) is 0 Å². The Balaban J connectivity index is 2.68. The Kier molecular flexibility index (Phi) is 4.96. The minimum atomic E-state index is -0.396. The van der Waals surface area contributed by atoms with Gasteiger partial charge in [0.2, 0.25) is 5.91 Å². The molecule has 0 saturated heterocycles. The summed E-state index contributed by atoms with van der Waals surface area (Å²) in [4.78, 5) is 13.4. The first-order valence-electron chi connectivity index (χ1n) is 5.30. The zero-order chi connectivity index (χ0) is 12.1. The van der Waals surface area contributed by atoms with E-state index in [1.807, 2.05) is 31.2 Å². The molecule has 1 rings (SSSR count). The zero-order valence-corrected chi connectivity index (χ0v) is 11.2. The lowest BCUT2D eigenvalue weighted by Crippen LogP contribution is -2.40. The summed E-state index contributed by atoms with van der Waals surface area (Å²) in [5.41, 5.74) is 6.79. The molecule has 1 amide bonds. The van der Waals surface area contributed by atoms with Crippen molar-refractivity contribution in [2.75, 3.05) is 7.05 Å². The molecular formula is C12H17BrN2O. The number of likely N-dealkylation sites (N-methyl/N-ethyl adjacent to an activating group) is 1. The monoisotopic (exact) mass is 284 g/mol. The van der Waals surface area contributed by atoms with E-state index in [2.05, 4.69) is 15.9 Å². The van der Waals surface area contributed by atoms with Crippen molar-refractivity contribution in [1.82, 2.24) is 4.90 Å². The Morgan fingerprint density at radius 3 is 2.69 bits per heavy atom. The van der Waals surface area contributed by atoms with Gasteiger partial charge in [0.25, 0.3) is 0 Å². The molecular weight excluding hydrogens is 268 g/mol. The van der Waals surface area contributed by atoms with Gasteiger partial charge in [-0.1, -0.05) is 41.1 Å². The molecule has 0 unspecified atom stereocenters. The Morgan fingerprint density at radius 1 is 1.50 bits per heavy atom. The number of nitrogens with zero attached hydrogens (tertiary/aromatic N) is 1. The van der Waals surface area contributed by atoms with Crippen LogP contribution in [0.4, 0.5) is 0 Å². The molecule has 0 heterocycles. The molecule has 0 aliphatic rings. The Morgan fingerprint density at radius 2 is 2.12 bits per heavy atom. The predicted octanol–water partition coefficient (Wildman–Crippen LogP) is 2.14. The normalized spacial score (nSPS) is 12.2. The van der Waals surface area contributed by atoms with Crippen molar-refractivity contribution in [1.29, 1.82) is 0 Å². The summed E-state index contributed by atoms with van der Waals surface area (Å²) in [6.45, 7) is 2.49. The second-order valence-corrected chi connectivity index (χ2v) is 4.65. The highest BCUT2D eigenvalue weighted by molar-refractivity contribution is 9.10. The molecule has 1 atom stereocenters. The van der Waals surface area contributed by atoms with E-state index in [9.17, 15) is 4.79 Å². The highest BCUT2D eigenvalue weighted by Crippen LogP contribution is 2.17. The van der Waals surface area contributed by atoms with E-state index in [4.69, 9.17) is 5.73 Å². The molecule has 1 aromatic carbocycles. The van der Waals surface area contributed by atoms with Crippen LogP contribution in [0.1, 0.15) is 18.9 Å². The van der Waals surface area contributed by atoms with Crippen molar-refractivity contribution in [3.63, 3.8) is 0 Å². The minimum Gasteiger partial charge on any atom is -0.340 e. The first-order chi connectivity index (χ1) is 7.56. The van der Waals surface area contributed by atoms with E-state index in [-0.39, 0.29) is 5.91 Å². The van der Waals surface area contributed by atoms with Crippen LogP contribution in [0.5, 0.6) is 0 Å². The van der Waals surface area contributed by atoms with Crippen molar-refractivity contribution in [2.24, 2.45) is 5.73 Å². The molecule has 0 spiro atoms. The molecule has 0 aliphatic carbocycles. The van der Waals surface area contributed by atoms with E-state index in [1.165, 1.54) is 0 Å². The lowest BCUT2D eigenvalue weighted by atomic mass is 10.2. The number of nitrogens with two attached hydrogens (primary N) is 1.